The van der Waals surface area contributed by atoms with E-state index >= 15 is 0 Å². The molecule has 1 N–H and O–H groups in total. The van der Waals surface area contributed by atoms with E-state index in [1.807, 2.05) is 42.5 Å². The summed E-state index contributed by atoms with van der Waals surface area (Å²) in [5, 5.41) is 7.62. The van der Waals surface area contributed by atoms with Gasteiger partial charge in [0.2, 0.25) is 5.91 Å². The molecule has 3 heterocycles. The smallest absolute Gasteiger partial charge is 0.268 e. The normalized spacial score (nSPS) is 16.1. The van der Waals surface area contributed by atoms with Crippen molar-refractivity contribution in [1.29, 1.82) is 0 Å². The first kappa shape index (κ1) is 27.3. The van der Waals surface area contributed by atoms with Crippen molar-refractivity contribution < 1.29 is 18.8 Å². The minimum atomic E-state index is -0.629. The van der Waals surface area contributed by atoms with Crippen molar-refractivity contribution in [2.24, 2.45) is 0 Å². The molecule has 9 heteroatoms. The summed E-state index contributed by atoms with van der Waals surface area (Å²) < 4.78 is 13.9. The zero-order valence-electron chi connectivity index (χ0n) is 23.7. The molecule has 2 aliphatic rings. The standard InChI is InChI=1S/C35H28FN5O3/c36-24-17-18-26-28(20-24)37-38-29(26)21-27-34(43)40(22-33(42)39-19-9-8-11-23-10-4-5-14-30(23)39)31-15-6-7-16-32(31)41(35(27)44)25-12-2-1-3-13-25/h1-7,10,12-18,20-21H,8-9,11,19,22H2,(H,37,38)/b27-21-. The molecule has 8 nitrogen and oxygen atoms in total. The number of rotatable bonds is 4. The van der Waals surface area contributed by atoms with Crippen molar-refractivity contribution in [2.75, 3.05) is 27.8 Å². The topological polar surface area (TPSA) is 89.6 Å². The number of aryl methyl sites for hydroxylation is 1. The molecule has 218 valence electrons. The van der Waals surface area contributed by atoms with Gasteiger partial charge in [0.1, 0.15) is 17.9 Å². The maximum atomic E-state index is 14.5. The number of hydrogen-bond acceptors (Lipinski definition) is 4. The van der Waals surface area contributed by atoms with Gasteiger partial charge in [-0.25, -0.2) is 4.39 Å². The summed E-state index contributed by atoms with van der Waals surface area (Å²) in [5.74, 6) is -1.88. The largest absolute Gasteiger partial charge is 0.311 e. The number of aromatic nitrogens is 2. The van der Waals surface area contributed by atoms with E-state index in [1.54, 1.807) is 47.4 Å². The van der Waals surface area contributed by atoms with Gasteiger partial charge in [-0.3, -0.25) is 29.3 Å². The molecule has 0 saturated carbocycles. The zero-order chi connectivity index (χ0) is 30.2. The lowest BCUT2D eigenvalue weighted by molar-refractivity contribution is -0.123. The molecule has 3 amide bonds. The first-order chi connectivity index (χ1) is 21.5. The Bertz CT molecular complexity index is 1950. The van der Waals surface area contributed by atoms with Crippen LogP contribution in [0.25, 0.3) is 17.0 Å². The van der Waals surface area contributed by atoms with Gasteiger partial charge in [-0.05, 0) is 79.4 Å². The van der Waals surface area contributed by atoms with Gasteiger partial charge in [-0.2, -0.15) is 5.10 Å². The Hall–Kier alpha value is -5.57. The SMILES string of the molecule is O=C(CN1C(=O)/C(=C/c2n[nH]c3cc(F)ccc23)C(=O)N(c2ccccc2)c2ccccc21)N1CCCCc2ccccc21. The highest BCUT2D eigenvalue weighted by atomic mass is 19.1. The van der Waals surface area contributed by atoms with Crippen LogP contribution in [0.2, 0.25) is 0 Å². The predicted molar refractivity (Wildman–Crippen MR) is 168 cm³/mol. The minimum absolute atomic E-state index is 0.174. The van der Waals surface area contributed by atoms with Crippen LogP contribution >= 0.6 is 0 Å². The number of para-hydroxylation sites is 4. The third-order valence-corrected chi connectivity index (χ3v) is 8.13. The Morgan fingerprint density at radius 1 is 0.841 bits per heavy atom. The van der Waals surface area contributed by atoms with Crippen molar-refractivity contribution in [1.82, 2.24) is 10.2 Å². The summed E-state index contributed by atoms with van der Waals surface area (Å²) >= 11 is 0. The average Bonchev–Trinajstić information content (AvgIpc) is 3.26. The Morgan fingerprint density at radius 2 is 1.57 bits per heavy atom. The highest BCUT2D eigenvalue weighted by Gasteiger charge is 2.38. The zero-order valence-corrected chi connectivity index (χ0v) is 23.7. The molecular formula is C35H28FN5O3. The second-order valence-electron chi connectivity index (χ2n) is 10.8. The number of fused-ring (bicyclic) bond motifs is 3. The number of carbonyl (C=O) groups excluding carboxylic acids is 3. The lowest BCUT2D eigenvalue weighted by Crippen LogP contribution is -2.44. The Kier molecular flexibility index (Phi) is 6.98. The van der Waals surface area contributed by atoms with Gasteiger partial charge in [-0.1, -0.05) is 48.5 Å². The van der Waals surface area contributed by atoms with Crippen LogP contribution in [0.1, 0.15) is 24.1 Å². The van der Waals surface area contributed by atoms with Crippen molar-refractivity contribution in [3.8, 4) is 0 Å². The predicted octanol–water partition coefficient (Wildman–Crippen LogP) is 6.17. The van der Waals surface area contributed by atoms with Crippen molar-refractivity contribution >= 4 is 57.5 Å². The van der Waals surface area contributed by atoms with Crippen molar-refractivity contribution in [3.05, 3.63) is 120 Å². The number of benzene rings is 4. The van der Waals surface area contributed by atoms with Gasteiger partial charge in [0.15, 0.2) is 0 Å². The molecule has 2 aliphatic heterocycles. The number of nitrogens with zero attached hydrogens (tertiary/aromatic N) is 4. The van der Waals surface area contributed by atoms with Crippen LogP contribution in [-0.2, 0) is 20.8 Å². The fraction of sp³-hybridized carbons (Fsp3) is 0.143. The highest BCUT2D eigenvalue weighted by molar-refractivity contribution is 6.35. The van der Waals surface area contributed by atoms with Crippen LogP contribution in [-0.4, -0.2) is 41.0 Å². The van der Waals surface area contributed by atoms with Crippen LogP contribution < -0.4 is 14.7 Å². The number of hydrogen-bond donors (Lipinski definition) is 1. The Labute approximate surface area is 253 Å². The van der Waals surface area contributed by atoms with Crippen molar-refractivity contribution in [3.63, 3.8) is 0 Å². The van der Waals surface area contributed by atoms with Gasteiger partial charge in [0.25, 0.3) is 11.8 Å². The number of nitrogens with one attached hydrogen (secondary N) is 1. The van der Waals surface area contributed by atoms with Crippen LogP contribution in [0.5, 0.6) is 0 Å². The lowest BCUT2D eigenvalue weighted by Gasteiger charge is -2.28. The summed E-state index contributed by atoms with van der Waals surface area (Å²) in [6.45, 7) is 0.261. The van der Waals surface area contributed by atoms with Crippen molar-refractivity contribution in [2.45, 2.75) is 19.3 Å². The maximum Gasteiger partial charge on any atom is 0.268 e. The van der Waals surface area contributed by atoms with Gasteiger partial charge >= 0.3 is 0 Å². The molecule has 7 rings (SSSR count). The van der Waals surface area contributed by atoms with Gasteiger partial charge < -0.3 is 4.90 Å². The summed E-state index contributed by atoms with van der Waals surface area (Å²) in [6, 6.07) is 28.1. The van der Waals surface area contributed by atoms with E-state index in [1.165, 1.54) is 28.0 Å². The molecule has 44 heavy (non-hydrogen) atoms. The number of anilines is 4. The number of amides is 3. The molecule has 0 saturated heterocycles. The fourth-order valence-corrected chi connectivity index (χ4v) is 6.00. The summed E-state index contributed by atoms with van der Waals surface area (Å²) in [5.41, 5.74) is 3.97. The van der Waals surface area contributed by atoms with Gasteiger partial charge in [-0.15, -0.1) is 0 Å². The first-order valence-corrected chi connectivity index (χ1v) is 14.5. The monoisotopic (exact) mass is 585 g/mol. The van der Waals surface area contributed by atoms with Crippen LogP contribution in [0.15, 0.2) is 103 Å². The average molecular weight is 586 g/mol. The molecule has 0 bridgehead atoms. The van der Waals surface area contributed by atoms with Crippen LogP contribution in [0.4, 0.5) is 27.1 Å². The molecule has 1 aromatic heterocycles. The number of aromatic amines is 1. The third kappa shape index (κ3) is 4.82. The number of carbonyl (C=O) groups is 3. The molecule has 0 unspecified atom stereocenters. The number of H-pyrrole nitrogens is 1. The first-order valence-electron chi connectivity index (χ1n) is 14.5. The molecule has 5 aromatic rings. The Morgan fingerprint density at radius 3 is 2.39 bits per heavy atom. The quantitative estimate of drug-likeness (QED) is 0.202. The molecule has 4 aromatic carbocycles. The molecule has 0 fully saturated rings. The second-order valence-corrected chi connectivity index (χ2v) is 10.8. The Balaban J connectivity index is 1.37. The maximum absolute atomic E-state index is 14.5. The van der Waals surface area contributed by atoms with E-state index in [0.29, 0.717) is 40.2 Å². The number of halogens is 1. The molecule has 0 spiro atoms. The van der Waals surface area contributed by atoms with E-state index in [2.05, 4.69) is 10.2 Å². The van der Waals surface area contributed by atoms with E-state index in [-0.39, 0.29) is 18.0 Å². The van der Waals surface area contributed by atoms with Crippen LogP contribution in [0, 0.1) is 5.82 Å². The molecular weight excluding hydrogens is 557 g/mol. The molecule has 0 radical (unpaired) electrons. The second kappa shape index (κ2) is 11.3. The van der Waals surface area contributed by atoms with E-state index in [4.69, 9.17) is 0 Å². The van der Waals surface area contributed by atoms with E-state index in [9.17, 15) is 18.8 Å². The summed E-state index contributed by atoms with van der Waals surface area (Å²) in [4.78, 5) is 47.6. The van der Waals surface area contributed by atoms with Gasteiger partial charge in [0, 0.05) is 23.3 Å². The fourth-order valence-electron chi connectivity index (χ4n) is 6.00. The third-order valence-electron chi connectivity index (χ3n) is 8.13. The van der Waals surface area contributed by atoms with E-state index < -0.39 is 17.6 Å². The molecule has 0 aliphatic carbocycles. The van der Waals surface area contributed by atoms with Crippen LogP contribution in [0.3, 0.4) is 0 Å². The van der Waals surface area contributed by atoms with Gasteiger partial charge in [0.05, 0.1) is 22.6 Å². The lowest BCUT2D eigenvalue weighted by atomic mass is 10.1. The summed E-state index contributed by atoms with van der Waals surface area (Å²) in [7, 11) is 0. The summed E-state index contributed by atoms with van der Waals surface area (Å²) in [6.07, 6.45) is 4.09. The highest BCUT2D eigenvalue weighted by Crippen LogP contribution is 2.40. The minimum Gasteiger partial charge on any atom is -0.311 e. The van der Waals surface area contributed by atoms with E-state index in [0.717, 1.165) is 30.5 Å². The molecule has 0 atom stereocenters.